The Balaban J connectivity index is 1.49. The standard InChI is InChI=1S/C15H18N6/c1-2-6-20-9-13(18-15(20)5-1)8-19-7-3-4-14(19)10-21-12-16-11-17-21/h1-2,5-6,9,11-12,14H,3-4,7-8,10H2. The predicted molar refractivity (Wildman–Crippen MR) is 78.6 cm³/mol. The fourth-order valence-electron chi connectivity index (χ4n) is 3.12. The largest absolute Gasteiger partial charge is 0.307 e. The molecule has 0 saturated carbocycles. The summed E-state index contributed by atoms with van der Waals surface area (Å²) in [5.74, 6) is 0. The predicted octanol–water partition coefficient (Wildman–Crippen LogP) is 1.59. The first-order valence-corrected chi connectivity index (χ1v) is 7.37. The molecule has 0 aliphatic carbocycles. The Morgan fingerprint density at radius 3 is 3.14 bits per heavy atom. The van der Waals surface area contributed by atoms with Crippen molar-refractivity contribution < 1.29 is 0 Å². The van der Waals surface area contributed by atoms with Gasteiger partial charge in [-0.25, -0.2) is 9.97 Å². The second-order valence-corrected chi connectivity index (χ2v) is 5.58. The third-order valence-corrected chi connectivity index (χ3v) is 4.14. The van der Waals surface area contributed by atoms with Crippen LogP contribution in [0.15, 0.2) is 43.2 Å². The smallest absolute Gasteiger partial charge is 0.137 e. The van der Waals surface area contributed by atoms with Gasteiger partial charge in [-0.3, -0.25) is 9.58 Å². The summed E-state index contributed by atoms with van der Waals surface area (Å²) in [6.45, 7) is 2.95. The summed E-state index contributed by atoms with van der Waals surface area (Å²) in [6, 6.07) is 6.62. The molecular formula is C15H18N6. The van der Waals surface area contributed by atoms with Crippen LogP contribution in [0, 0.1) is 0 Å². The van der Waals surface area contributed by atoms with Crippen molar-refractivity contribution in [3.05, 3.63) is 48.9 Å². The maximum absolute atomic E-state index is 4.69. The fraction of sp³-hybridized carbons (Fsp3) is 0.400. The SMILES string of the molecule is c1ccn2cc(CN3CCCC3Cn3cncn3)nc2c1. The molecule has 3 aromatic heterocycles. The Bertz CT molecular complexity index is 684. The molecule has 6 nitrogen and oxygen atoms in total. The average molecular weight is 282 g/mol. The van der Waals surface area contributed by atoms with Gasteiger partial charge >= 0.3 is 0 Å². The zero-order valence-corrected chi connectivity index (χ0v) is 11.8. The van der Waals surface area contributed by atoms with Gasteiger partial charge in [0.2, 0.25) is 0 Å². The molecule has 1 unspecified atom stereocenters. The van der Waals surface area contributed by atoms with Crippen LogP contribution in [0.1, 0.15) is 18.5 Å². The Morgan fingerprint density at radius 2 is 2.29 bits per heavy atom. The first-order chi connectivity index (χ1) is 10.4. The molecule has 0 N–H and O–H groups in total. The van der Waals surface area contributed by atoms with E-state index in [1.165, 1.54) is 12.8 Å². The van der Waals surface area contributed by atoms with E-state index in [4.69, 9.17) is 4.98 Å². The van der Waals surface area contributed by atoms with Gasteiger partial charge < -0.3 is 4.40 Å². The molecule has 1 saturated heterocycles. The number of likely N-dealkylation sites (tertiary alicyclic amines) is 1. The number of rotatable bonds is 4. The molecular weight excluding hydrogens is 264 g/mol. The van der Waals surface area contributed by atoms with Crippen LogP contribution in [0.5, 0.6) is 0 Å². The lowest BCUT2D eigenvalue weighted by Gasteiger charge is -2.23. The van der Waals surface area contributed by atoms with Crippen LogP contribution in [-0.2, 0) is 13.1 Å². The van der Waals surface area contributed by atoms with Crippen LogP contribution in [0.2, 0.25) is 0 Å². The molecule has 4 heterocycles. The molecule has 1 aliphatic heterocycles. The topological polar surface area (TPSA) is 51.2 Å². The summed E-state index contributed by atoms with van der Waals surface area (Å²) in [5, 5.41) is 4.22. The summed E-state index contributed by atoms with van der Waals surface area (Å²) in [6.07, 6.45) is 10.0. The molecule has 6 heteroatoms. The molecule has 0 amide bonds. The van der Waals surface area contributed by atoms with Gasteiger partial charge in [0.25, 0.3) is 0 Å². The maximum atomic E-state index is 4.69. The monoisotopic (exact) mass is 282 g/mol. The van der Waals surface area contributed by atoms with Crippen LogP contribution in [0.4, 0.5) is 0 Å². The highest BCUT2D eigenvalue weighted by Crippen LogP contribution is 2.21. The van der Waals surface area contributed by atoms with Crippen molar-refractivity contribution in [2.75, 3.05) is 6.54 Å². The lowest BCUT2D eigenvalue weighted by atomic mass is 10.2. The lowest BCUT2D eigenvalue weighted by Crippen LogP contribution is -2.32. The van der Waals surface area contributed by atoms with E-state index in [0.717, 1.165) is 31.0 Å². The van der Waals surface area contributed by atoms with E-state index >= 15 is 0 Å². The van der Waals surface area contributed by atoms with Crippen molar-refractivity contribution in [1.82, 2.24) is 29.0 Å². The van der Waals surface area contributed by atoms with E-state index in [2.05, 4.69) is 25.6 Å². The first-order valence-electron chi connectivity index (χ1n) is 7.37. The minimum atomic E-state index is 0.525. The number of pyridine rings is 1. The Morgan fingerprint density at radius 1 is 1.29 bits per heavy atom. The summed E-state index contributed by atoms with van der Waals surface area (Å²) < 4.78 is 4.00. The van der Waals surface area contributed by atoms with E-state index < -0.39 is 0 Å². The number of imidazole rings is 1. The van der Waals surface area contributed by atoms with Crippen LogP contribution in [0.25, 0.3) is 5.65 Å². The minimum Gasteiger partial charge on any atom is -0.307 e. The minimum absolute atomic E-state index is 0.525. The summed E-state index contributed by atoms with van der Waals surface area (Å²) in [4.78, 5) is 11.2. The molecule has 21 heavy (non-hydrogen) atoms. The van der Waals surface area contributed by atoms with Crippen LogP contribution < -0.4 is 0 Å². The summed E-state index contributed by atoms with van der Waals surface area (Å²) in [5.41, 5.74) is 2.14. The second kappa shape index (κ2) is 5.29. The van der Waals surface area contributed by atoms with E-state index in [-0.39, 0.29) is 0 Å². The average Bonchev–Trinajstić information content (AvgIpc) is 3.21. The quantitative estimate of drug-likeness (QED) is 0.729. The first kappa shape index (κ1) is 12.5. The second-order valence-electron chi connectivity index (χ2n) is 5.58. The number of hydrogen-bond donors (Lipinski definition) is 0. The van der Waals surface area contributed by atoms with Crippen LogP contribution in [0.3, 0.4) is 0 Å². The molecule has 0 aromatic carbocycles. The molecule has 0 radical (unpaired) electrons. The Kier molecular flexibility index (Phi) is 3.16. The Hall–Kier alpha value is -2.21. The number of aromatic nitrogens is 5. The molecule has 1 atom stereocenters. The third kappa shape index (κ3) is 2.54. The normalized spacial score (nSPS) is 19.5. The molecule has 3 aromatic rings. The van der Waals surface area contributed by atoms with E-state index in [9.17, 15) is 0 Å². The van der Waals surface area contributed by atoms with Crippen molar-refractivity contribution >= 4 is 5.65 Å². The van der Waals surface area contributed by atoms with Crippen molar-refractivity contribution in [2.24, 2.45) is 0 Å². The van der Waals surface area contributed by atoms with Crippen LogP contribution >= 0.6 is 0 Å². The van der Waals surface area contributed by atoms with E-state index in [0.29, 0.717) is 6.04 Å². The molecule has 1 fully saturated rings. The molecule has 108 valence electrons. The lowest BCUT2D eigenvalue weighted by molar-refractivity contribution is 0.217. The van der Waals surface area contributed by atoms with Gasteiger partial charge in [-0.15, -0.1) is 0 Å². The van der Waals surface area contributed by atoms with Crippen molar-refractivity contribution in [3.8, 4) is 0 Å². The van der Waals surface area contributed by atoms with Crippen molar-refractivity contribution in [1.29, 1.82) is 0 Å². The van der Waals surface area contributed by atoms with Crippen LogP contribution in [-0.4, -0.2) is 41.6 Å². The summed E-state index contributed by atoms with van der Waals surface area (Å²) in [7, 11) is 0. The highest BCUT2D eigenvalue weighted by molar-refractivity contribution is 5.39. The van der Waals surface area contributed by atoms with Crippen molar-refractivity contribution in [3.63, 3.8) is 0 Å². The fourth-order valence-corrected chi connectivity index (χ4v) is 3.12. The zero-order valence-electron chi connectivity index (χ0n) is 11.8. The van der Waals surface area contributed by atoms with Gasteiger partial charge in [0.15, 0.2) is 0 Å². The highest BCUT2D eigenvalue weighted by atomic mass is 15.3. The van der Waals surface area contributed by atoms with Gasteiger partial charge in [0.1, 0.15) is 18.3 Å². The van der Waals surface area contributed by atoms with Crippen molar-refractivity contribution in [2.45, 2.75) is 32.0 Å². The Labute approximate surface area is 123 Å². The van der Waals surface area contributed by atoms with Gasteiger partial charge in [-0.2, -0.15) is 5.10 Å². The maximum Gasteiger partial charge on any atom is 0.137 e. The summed E-state index contributed by atoms with van der Waals surface area (Å²) >= 11 is 0. The number of fused-ring (bicyclic) bond motifs is 1. The highest BCUT2D eigenvalue weighted by Gasteiger charge is 2.25. The van der Waals surface area contributed by atoms with Gasteiger partial charge in [0.05, 0.1) is 12.2 Å². The van der Waals surface area contributed by atoms with Gasteiger partial charge in [-0.1, -0.05) is 6.07 Å². The molecule has 0 bridgehead atoms. The third-order valence-electron chi connectivity index (χ3n) is 4.14. The zero-order chi connectivity index (χ0) is 14.1. The molecule has 1 aliphatic rings. The number of hydrogen-bond acceptors (Lipinski definition) is 4. The molecule has 0 spiro atoms. The van der Waals surface area contributed by atoms with Gasteiger partial charge in [-0.05, 0) is 31.5 Å². The van der Waals surface area contributed by atoms with Gasteiger partial charge in [0, 0.05) is 25.0 Å². The van der Waals surface area contributed by atoms with E-state index in [1.54, 1.807) is 12.7 Å². The molecule has 4 rings (SSSR count). The van der Waals surface area contributed by atoms with E-state index in [1.807, 2.05) is 29.1 Å². The number of nitrogens with zero attached hydrogens (tertiary/aromatic N) is 6.